The number of hydrogen-bond acceptors (Lipinski definition) is 7. The number of nitrogens with zero attached hydrogens (tertiary/aromatic N) is 6. The molecule has 4 heterocycles. The molecular formula is C30H39N7O2. The van der Waals surface area contributed by atoms with Crippen LogP contribution in [0.25, 0.3) is 11.0 Å². The number of carbonyl (C=O) groups excluding carboxylic acids is 1. The molecule has 9 nitrogen and oxygen atoms in total. The monoisotopic (exact) mass is 529 g/mol. The molecule has 5 aliphatic rings. The minimum absolute atomic E-state index is 0.00984. The molecule has 8 rings (SSSR count). The summed E-state index contributed by atoms with van der Waals surface area (Å²) >= 11 is 0. The molecule has 0 radical (unpaired) electrons. The predicted octanol–water partition coefficient (Wildman–Crippen LogP) is 3.93. The van der Waals surface area contributed by atoms with Crippen molar-refractivity contribution >= 4 is 34.3 Å². The van der Waals surface area contributed by atoms with E-state index in [9.17, 15) is 4.79 Å². The van der Waals surface area contributed by atoms with E-state index in [1.54, 1.807) is 4.90 Å². The van der Waals surface area contributed by atoms with E-state index in [-0.39, 0.29) is 11.4 Å². The number of piperidine rings is 1. The van der Waals surface area contributed by atoms with E-state index in [0.29, 0.717) is 23.6 Å². The zero-order valence-electron chi connectivity index (χ0n) is 23.3. The minimum atomic E-state index is 0.00984. The van der Waals surface area contributed by atoms with Gasteiger partial charge in [0.15, 0.2) is 0 Å². The molecule has 2 aromatic heterocycles. The summed E-state index contributed by atoms with van der Waals surface area (Å²) in [5.41, 5.74) is 3.80. The average Bonchev–Trinajstić information content (AvgIpc) is 3.31. The molecule has 9 heteroatoms. The fraction of sp³-hybridized carbons (Fsp3) is 0.567. The summed E-state index contributed by atoms with van der Waals surface area (Å²) in [4.78, 5) is 29.4. The van der Waals surface area contributed by atoms with Crippen LogP contribution in [0.2, 0.25) is 0 Å². The van der Waals surface area contributed by atoms with Crippen molar-refractivity contribution in [1.29, 1.82) is 0 Å². The molecule has 2 saturated heterocycles. The SMILES string of the molecule is C[C@@H]1C2CC1(n1c(C(=O)N(C)C)cc3cnc(Nc4ccc(N5CCC(N6CCOCC6)CC5)cc4)nc31)C2. The summed E-state index contributed by atoms with van der Waals surface area (Å²) in [7, 11) is 3.62. The first-order chi connectivity index (χ1) is 18.9. The molecule has 2 aliphatic heterocycles. The number of morpholine rings is 1. The van der Waals surface area contributed by atoms with Gasteiger partial charge >= 0.3 is 0 Å². The van der Waals surface area contributed by atoms with Crippen molar-refractivity contribution in [2.75, 3.05) is 63.7 Å². The van der Waals surface area contributed by atoms with Gasteiger partial charge in [0, 0.05) is 69.3 Å². The number of amides is 1. The van der Waals surface area contributed by atoms with Crippen LogP contribution in [0.15, 0.2) is 36.5 Å². The van der Waals surface area contributed by atoms with Crippen LogP contribution in [0.1, 0.15) is 43.1 Å². The van der Waals surface area contributed by atoms with E-state index in [0.717, 1.165) is 74.9 Å². The van der Waals surface area contributed by atoms with Crippen LogP contribution in [0, 0.1) is 11.8 Å². The minimum Gasteiger partial charge on any atom is -0.379 e. The van der Waals surface area contributed by atoms with Gasteiger partial charge in [-0.1, -0.05) is 6.92 Å². The fourth-order valence-corrected chi connectivity index (χ4v) is 7.28. The Hall–Kier alpha value is -3.17. The van der Waals surface area contributed by atoms with Crippen molar-refractivity contribution in [3.63, 3.8) is 0 Å². The zero-order valence-corrected chi connectivity index (χ0v) is 23.3. The van der Waals surface area contributed by atoms with Crippen LogP contribution in [-0.4, -0.2) is 89.8 Å². The Balaban J connectivity index is 1.08. The third-order valence-corrected chi connectivity index (χ3v) is 9.91. The number of ether oxygens (including phenoxy) is 1. The summed E-state index contributed by atoms with van der Waals surface area (Å²) in [6.07, 6.45) is 6.50. The van der Waals surface area contributed by atoms with E-state index in [4.69, 9.17) is 9.72 Å². The number of carbonyl (C=O) groups is 1. The van der Waals surface area contributed by atoms with Crippen LogP contribution in [0.5, 0.6) is 0 Å². The molecule has 3 aliphatic carbocycles. The van der Waals surface area contributed by atoms with Crippen molar-refractivity contribution < 1.29 is 9.53 Å². The Morgan fingerprint density at radius 2 is 1.79 bits per heavy atom. The topological polar surface area (TPSA) is 78.8 Å². The summed E-state index contributed by atoms with van der Waals surface area (Å²) in [6, 6.07) is 11.2. The second-order valence-corrected chi connectivity index (χ2v) is 12.1. The van der Waals surface area contributed by atoms with Crippen molar-refractivity contribution in [3.05, 3.63) is 42.2 Å². The summed E-state index contributed by atoms with van der Waals surface area (Å²) in [5, 5.41) is 4.32. The second-order valence-electron chi connectivity index (χ2n) is 12.1. The van der Waals surface area contributed by atoms with Crippen molar-refractivity contribution in [2.45, 2.75) is 44.2 Å². The third kappa shape index (κ3) is 4.09. The van der Waals surface area contributed by atoms with Gasteiger partial charge in [-0.25, -0.2) is 4.98 Å². The fourth-order valence-electron chi connectivity index (χ4n) is 7.28. The normalized spacial score (nSPS) is 27.2. The summed E-state index contributed by atoms with van der Waals surface area (Å²) in [5.74, 6) is 1.92. The Kier molecular flexibility index (Phi) is 6.04. The maximum Gasteiger partial charge on any atom is 0.270 e. The van der Waals surface area contributed by atoms with Crippen LogP contribution in [-0.2, 0) is 10.3 Å². The maximum absolute atomic E-state index is 13.1. The van der Waals surface area contributed by atoms with Gasteiger partial charge in [-0.15, -0.1) is 0 Å². The lowest BCUT2D eigenvalue weighted by atomic mass is 9.42. The molecule has 206 valence electrons. The van der Waals surface area contributed by atoms with Gasteiger partial charge in [-0.2, -0.15) is 4.98 Å². The smallest absolute Gasteiger partial charge is 0.270 e. The highest BCUT2D eigenvalue weighted by atomic mass is 16.5. The van der Waals surface area contributed by atoms with E-state index in [2.05, 4.69) is 55.9 Å². The van der Waals surface area contributed by atoms with Crippen LogP contribution < -0.4 is 10.2 Å². The summed E-state index contributed by atoms with van der Waals surface area (Å²) in [6.45, 7) is 8.34. The van der Waals surface area contributed by atoms with Gasteiger partial charge in [0.1, 0.15) is 11.3 Å². The van der Waals surface area contributed by atoms with E-state index < -0.39 is 0 Å². The first-order valence-corrected chi connectivity index (χ1v) is 14.5. The lowest BCUT2D eigenvalue weighted by Crippen LogP contribution is -2.67. The van der Waals surface area contributed by atoms with Crippen molar-refractivity contribution in [3.8, 4) is 0 Å². The Morgan fingerprint density at radius 1 is 1.08 bits per heavy atom. The molecule has 39 heavy (non-hydrogen) atoms. The average molecular weight is 530 g/mol. The van der Waals surface area contributed by atoms with Crippen molar-refractivity contribution in [2.24, 2.45) is 11.8 Å². The van der Waals surface area contributed by atoms with E-state index >= 15 is 0 Å². The Bertz CT molecular complexity index is 1360. The van der Waals surface area contributed by atoms with Crippen molar-refractivity contribution in [1.82, 2.24) is 24.3 Å². The van der Waals surface area contributed by atoms with Gasteiger partial charge in [-0.05, 0) is 67.9 Å². The van der Waals surface area contributed by atoms with Gasteiger partial charge in [0.2, 0.25) is 5.95 Å². The van der Waals surface area contributed by atoms with Crippen LogP contribution in [0.3, 0.4) is 0 Å². The highest BCUT2D eigenvalue weighted by Crippen LogP contribution is 2.67. The number of hydrogen-bond donors (Lipinski definition) is 1. The molecular weight excluding hydrogens is 490 g/mol. The number of benzene rings is 1. The first-order valence-electron chi connectivity index (χ1n) is 14.5. The first kappa shape index (κ1) is 24.8. The van der Waals surface area contributed by atoms with Gasteiger partial charge in [0.25, 0.3) is 5.91 Å². The number of fused-ring (bicyclic) bond motifs is 1. The van der Waals surface area contributed by atoms with Gasteiger partial charge in [0.05, 0.1) is 18.8 Å². The highest BCUT2D eigenvalue weighted by molar-refractivity contribution is 5.98. The standard InChI is InChI=1S/C30H39N7O2/c1-20-22-17-30(20,18-22)37-26(28(38)34(2)3)16-21-19-31-29(33-27(21)37)32-23-4-6-24(7-5-23)35-10-8-25(9-11-35)36-12-14-39-15-13-36/h4-7,16,19-20,22,25H,8-15,17-18H2,1-3H3,(H,31,32,33)/t20-,22?,30?/m1/s1. The lowest BCUT2D eigenvalue weighted by Gasteiger charge is -2.68. The molecule has 1 amide bonds. The van der Waals surface area contributed by atoms with E-state index in [1.165, 1.54) is 18.5 Å². The Labute approximate surface area is 230 Å². The quantitative estimate of drug-likeness (QED) is 0.518. The lowest BCUT2D eigenvalue weighted by molar-refractivity contribution is -0.160. The largest absolute Gasteiger partial charge is 0.379 e. The maximum atomic E-state index is 13.1. The number of aromatic nitrogens is 3. The third-order valence-electron chi connectivity index (χ3n) is 9.91. The number of anilines is 3. The van der Waals surface area contributed by atoms with Gasteiger partial charge in [-0.3, -0.25) is 9.69 Å². The molecule has 1 N–H and O–H groups in total. The van der Waals surface area contributed by atoms with E-state index in [1.807, 2.05) is 26.4 Å². The molecule has 1 atom stereocenters. The van der Waals surface area contributed by atoms with Gasteiger partial charge < -0.3 is 24.4 Å². The second kappa shape index (κ2) is 9.48. The number of nitrogens with one attached hydrogen (secondary N) is 1. The molecule has 0 unspecified atom stereocenters. The molecule has 1 aromatic carbocycles. The Morgan fingerprint density at radius 3 is 2.41 bits per heavy atom. The number of rotatable bonds is 6. The molecule has 5 fully saturated rings. The highest BCUT2D eigenvalue weighted by Gasteiger charge is 2.65. The van der Waals surface area contributed by atoms with Crippen LogP contribution in [0.4, 0.5) is 17.3 Å². The zero-order chi connectivity index (χ0) is 26.7. The van der Waals surface area contributed by atoms with Crippen LogP contribution >= 0.6 is 0 Å². The molecule has 3 saturated carbocycles. The summed E-state index contributed by atoms with van der Waals surface area (Å²) < 4.78 is 7.75. The molecule has 0 spiro atoms. The molecule has 3 aromatic rings. The molecule has 2 bridgehead atoms. The predicted molar refractivity (Wildman–Crippen MR) is 153 cm³/mol.